The molecule has 0 radical (unpaired) electrons. The van der Waals surface area contributed by atoms with Gasteiger partial charge in [0.05, 0.1) is 0 Å². The van der Waals surface area contributed by atoms with Crippen molar-refractivity contribution in [2.45, 2.75) is 19.9 Å². The minimum absolute atomic E-state index is 0.167. The van der Waals surface area contributed by atoms with Crippen molar-refractivity contribution in [3.8, 4) is 0 Å². The van der Waals surface area contributed by atoms with Crippen molar-refractivity contribution >= 4 is 23.4 Å². The van der Waals surface area contributed by atoms with Crippen LogP contribution in [0.25, 0.3) is 0 Å². The fourth-order valence-corrected chi connectivity index (χ4v) is 2.39. The summed E-state index contributed by atoms with van der Waals surface area (Å²) in [5, 5.41) is 3.61. The Morgan fingerprint density at radius 1 is 1.33 bits per heavy atom. The molecule has 0 aliphatic heterocycles. The van der Waals surface area contributed by atoms with E-state index in [4.69, 9.17) is 17.3 Å². The number of rotatable bonds is 9. The quantitative estimate of drug-likeness (QED) is 0.542. The molecule has 1 aromatic heterocycles. The fourth-order valence-electron chi connectivity index (χ4n) is 2.20. The third-order valence-corrected chi connectivity index (χ3v) is 3.36. The SMILES string of the molecule is C=CCN(CC=C)C(CNc1cc(Cl)nc(N)n1)C(C)C. The Bertz CT molecular complexity index is 445. The van der Waals surface area contributed by atoms with Gasteiger partial charge in [-0.1, -0.05) is 37.6 Å². The van der Waals surface area contributed by atoms with Crippen LogP contribution in [0.4, 0.5) is 11.8 Å². The summed E-state index contributed by atoms with van der Waals surface area (Å²) in [6, 6.07) is 1.98. The van der Waals surface area contributed by atoms with Crippen molar-refractivity contribution in [1.29, 1.82) is 0 Å². The largest absolute Gasteiger partial charge is 0.368 e. The minimum atomic E-state index is 0.167. The van der Waals surface area contributed by atoms with E-state index in [1.807, 2.05) is 12.2 Å². The van der Waals surface area contributed by atoms with Crippen LogP contribution in [0.15, 0.2) is 31.4 Å². The lowest BCUT2D eigenvalue weighted by atomic mass is 10.0. The Kier molecular flexibility index (Phi) is 7.19. The van der Waals surface area contributed by atoms with E-state index < -0.39 is 0 Å². The van der Waals surface area contributed by atoms with Crippen LogP contribution in [0.2, 0.25) is 5.15 Å². The highest BCUT2D eigenvalue weighted by Crippen LogP contribution is 2.15. The maximum Gasteiger partial charge on any atom is 0.223 e. The first-order chi connectivity index (χ1) is 9.97. The molecule has 3 N–H and O–H groups in total. The second-order valence-corrected chi connectivity index (χ2v) is 5.54. The van der Waals surface area contributed by atoms with Gasteiger partial charge in [-0.3, -0.25) is 4.90 Å². The van der Waals surface area contributed by atoms with E-state index in [0.717, 1.165) is 19.6 Å². The molecule has 21 heavy (non-hydrogen) atoms. The molecule has 0 saturated carbocycles. The zero-order valence-electron chi connectivity index (χ0n) is 12.7. The van der Waals surface area contributed by atoms with E-state index in [1.54, 1.807) is 6.07 Å². The van der Waals surface area contributed by atoms with Gasteiger partial charge in [-0.05, 0) is 5.92 Å². The van der Waals surface area contributed by atoms with Crippen LogP contribution < -0.4 is 11.1 Å². The summed E-state index contributed by atoms with van der Waals surface area (Å²) in [6.07, 6.45) is 3.80. The first-order valence-electron chi connectivity index (χ1n) is 6.97. The van der Waals surface area contributed by atoms with Crippen molar-refractivity contribution in [2.24, 2.45) is 5.92 Å². The molecule has 0 aliphatic rings. The van der Waals surface area contributed by atoms with Crippen LogP contribution in [0.3, 0.4) is 0 Å². The van der Waals surface area contributed by atoms with E-state index in [9.17, 15) is 0 Å². The standard InChI is InChI=1S/C15H24ClN5/c1-5-7-21(8-6-2)12(11(3)4)10-18-14-9-13(16)19-15(17)20-14/h5-6,9,11-12H,1-2,7-8,10H2,3-4H3,(H3,17,18,19,20). The summed E-state index contributed by atoms with van der Waals surface area (Å²) in [5.41, 5.74) is 5.60. The topological polar surface area (TPSA) is 67.1 Å². The predicted octanol–water partition coefficient (Wildman–Crippen LogP) is 2.82. The summed E-state index contributed by atoms with van der Waals surface area (Å²) in [4.78, 5) is 10.3. The summed E-state index contributed by atoms with van der Waals surface area (Å²) in [6.45, 7) is 14.4. The zero-order chi connectivity index (χ0) is 15.8. The van der Waals surface area contributed by atoms with E-state index in [2.05, 4.69) is 47.2 Å². The number of hydrogen-bond donors (Lipinski definition) is 2. The van der Waals surface area contributed by atoms with Crippen molar-refractivity contribution in [3.05, 3.63) is 36.5 Å². The van der Waals surface area contributed by atoms with Gasteiger partial charge in [0, 0.05) is 31.7 Å². The molecule has 0 aliphatic carbocycles. The first kappa shape index (κ1) is 17.5. The maximum absolute atomic E-state index is 5.88. The first-order valence-corrected chi connectivity index (χ1v) is 7.35. The lowest BCUT2D eigenvalue weighted by molar-refractivity contribution is 0.199. The lowest BCUT2D eigenvalue weighted by Gasteiger charge is -2.33. The molecule has 0 fully saturated rings. The van der Waals surface area contributed by atoms with Gasteiger partial charge in [-0.15, -0.1) is 13.2 Å². The molecule has 6 heteroatoms. The molecule has 116 valence electrons. The molecular formula is C15H24ClN5. The molecular weight excluding hydrogens is 286 g/mol. The average Bonchev–Trinajstić information content (AvgIpc) is 2.37. The summed E-state index contributed by atoms with van der Waals surface area (Å²) in [7, 11) is 0. The summed E-state index contributed by atoms with van der Waals surface area (Å²) >= 11 is 5.88. The van der Waals surface area contributed by atoms with Crippen LogP contribution >= 0.6 is 11.6 Å². The van der Waals surface area contributed by atoms with Gasteiger partial charge in [0.25, 0.3) is 0 Å². The third kappa shape index (κ3) is 5.73. The monoisotopic (exact) mass is 309 g/mol. The molecule has 0 saturated heterocycles. The van der Waals surface area contributed by atoms with Crippen LogP contribution in [0.5, 0.6) is 0 Å². The molecule has 1 heterocycles. The van der Waals surface area contributed by atoms with Crippen LogP contribution in [-0.4, -0.2) is 40.5 Å². The van der Waals surface area contributed by atoms with Crippen LogP contribution in [-0.2, 0) is 0 Å². The normalized spacial score (nSPS) is 12.4. The second-order valence-electron chi connectivity index (χ2n) is 5.16. The van der Waals surface area contributed by atoms with Crippen molar-refractivity contribution < 1.29 is 0 Å². The lowest BCUT2D eigenvalue weighted by Crippen LogP contribution is -2.44. The van der Waals surface area contributed by atoms with Crippen molar-refractivity contribution in [2.75, 3.05) is 30.7 Å². The van der Waals surface area contributed by atoms with Gasteiger partial charge in [0.2, 0.25) is 5.95 Å². The van der Waals surface area contributed by atoms with E-state index >= 15 is 0 Å². The highest BCUT2D eigenvalue weighted by Gasteiger charge is 2.20. The van der Waals surface area contributed by atoms with E-state index in [0.29, 0.717) is 22.9 Å². The van der Waals surface area contributed by atoms with Gasteiger partial charge in [0.1, 0.15) is 11.0 Å². The Morgan fingerprint density at radius 2 is 1.95 bits per heavy atom. The maximum atomic E-state index is 5.88. The fraction of sp³-hybridized carbons (Fsp3) is 0.467. The number of nitrogens with two attached hydrogens (primary N) is 1. The summed E-state index contributed by atoms with van der Waals surface area (Å²) < 4.78 is 0. The van der Waals surface area contributed by atoms with Crippen LogP contribution in [0.1, 0.15) is 13.8 Å². The Balaban J connectivity index is 2.77. The number of nitrogens with zero attached hydrogens (tertiary/aromatic N) is 3. The zero-order valence-corrected chi connectivity index (χ0v) is 13.5. The molecule has 1 unspecified atom stereocenters. The van der Waals surface area contributed by atoms with Crippen molar-refractivity contribution in [3.63, 3.8) is 0 Å². The van der Waals surface area contributed by atoms with Gasteiger partial charge in [0.15, 0.2) is 0 Å². The molecule has 0 aromatic carbocycles. The average molecular weight is 310 g/mol. The Labute approximate surface area is 131 Å². The van der Waals surface area contributed by atoms with Crippen LogP contribution in [0, 0.1) is 5.92 Å². The second kappa shape index (κ2) is 8.64. The van der Waals surface area contributed by atoms with Gasteiger partial charge >= 0.3 is 0 Å². The highest BCUT2D eigenvalue weighted by atomic mass is 35.5. The van der Waals surface area contributed by atoms with Gasteiger partial charge in [-0.2, -0.15) is 4.98 Å². The molecule has 1 aromatic rings. The number of anilines is 2. The Morgan fingerprint density at radius 3 is 2.43 bits per heavy atom. The third-order valence-electron chi connectivity index (χ3n) is 3.17. The molecule has 5 nitrogen and oxygen atoms in total. The van der Waals surface area contributed by atoms with Crippen molar-refractivity contribution in [1.82, 2.24) is 14.9 Å². The van der Waals surface area contributed by atoms with Gasteiger partial charge < -0.3 is 11.1 Å². The number of nitrogens with one attached hydrogen (secondary N) is 1. The molecule has 0 spiro atoms. The Hall–Kier alpha value is -1.59. The van der Waals surface area contributed by atoms with Gasteiger partial charge in [-0.25, -0.2) is 4.98 Å². The number of halogens is 1. The molecule has 0 amide bonds. The minimum Gasteiger partial charge on any atom is -0.368 e. The number of aromatic nitrogens is 2. The highest BCUT2D eigenvalue weighted by molar-refractivity contribution is 6.29. The number of hydrogen-bond acceptors (Lipinski definition) is 5. The molecule has 0 bridgehead atoms. The molecule has 1 rings (SSSR count). The number of nitrogen functional groups attached to an aromatic ring is 1. The summed E-state index contributed by atoms with van der Waals surface area (Å²) in [5.74, 6) is 1.27. The molecule has 1 atom stereocenters. The van der Waals surface area contributed by atoms with E-state index in [-0.39, 0.29) is 5.95 Å². The van der Waals surface area contributed by atoms with E-state index in [1.165, 1.54) is 0 Å². The smallest absolute Gasteiger partial charge is 0.223 e. The predicted molar refractivity (Wildman–Crippen MR) is 90.5 cm³/mol.